The van der Waals surface area contributed by atoms with E-state index in [4.69, 9.17) is 17.3 Å². The van der Waals surface area contributed by atoms with Crippen LogP contribution >= 0.6 is 11.6 Å². The van der Waals surface area contributed by atoms with Crippen LogP contribution in [0, 0.1) is 0 Å². The van der Waals surface area contributed by atoms with E-state index in [0.717, 1.165) is 5.69 Å². The lowest BCUT2D eigenvalue weighted by atomic mass is 10.0. The summed E-state index contributed by atoms with van der Waals surface area (Å²) in [5.74, 6) is 1.14. The zero-order valence-electron chi connectivity index (χ0n) is 10.4. The van der Waals surface area contributed by atoms with Crippen molar-refractivity contribution in [2.45, 2.75) is 19.8 Å². The van der Waals surface area contributed by atoms with Gasteiger partial charge in [0, 0.05) is 5.69 Å². The van der Waals surface area contributed by atoms with Crippen LogP contribution in [0.5, 0.6) is 0 Å². The first-order chi connectivity index (χ1) is 8.56. The van der Waals surface area contributed by atoms with Gasteiger partial charge in [-0.1, -0.05) is 37.6 Å². The van der Waals surface area contributed by atoms with Crippen LogP contribution in [-0.4, -0.2) is 4.98 Å². The summed E-state index contributed by atoms with van der Waals surface area (Å²) in [5.41, 5.74) is 8.42. The third-order valence-electron chi connectivity index (χ3n) is 2.70. The topological polar surface area (TPSA) is 50.9 Å². The molecule has 1 aromatic heterocycles. The Morgan fingerprint density at radius 3 is 2.44 bits per heavy atom. The molecule has 0 unspecified atom stereocenters. The first-order valence-corrected chi connectivity index (χ1v) is 6.22. The monoisotopic (exact) mass is 261 g/mol. The highest BCUT2D eigenvalue weighted by Crippen LogP contribution is 2.25. The lowest BCUT2D eigenvalue weighted by Gasteiger charge is -2.10. The van der Waals surface area contributed by atoms with Crippen LogP contribution in [0.3, 0.4) is 0 Å². The Bertz CT molecular complexity index is 535. The van der Waals surface area contributed by atoms with E-state index in [9.17, 15) is 0 Å². The van der Waals surface area contributed by atoms with Crippen LogP contribution in [0.25, 0.3) is 0 Å². The minimum atomic E-state index is 0.517. The van der Waals surface area contributed by atoms with Crippen LogP contribution in [0.4, 0.5) is 17.2 Å². The zero-order valence-corrected chi connectivity index (χ0v) is 11.2. The number of nitrogens with two attached hydrogens (primary N) is 1. The molecule has 0 atom stereocenters. The van der Waals surface area contributed by atoms with Gasteiger partial charge in [0.25, 0.3) is 0 Å². The maximum absolute atomic E-state index is 6.06. The fraction of sp³-hybridized carbons (Fsp3) is 0.214. The third kappa shape index (κ3) is 2.93. The van der Waals surface area contributed by atoms with Crippen LogP contribution in [0.15, 0.2) is 36.5 Å². The second-order valence-electron chi connectivity index (χ2n) is 4.50. The molecule has 0 aliphatic heterocycles. The lowest BCUT2D eigenvalue weighted by molar-refractivity contribution is 0.867. The molecular weight excluding hydrogens is 246 g/mol. The molecule has 2 aromatic rings. The zero-order chi connectivity index (χ0) is 13.1. The summed E-state index contributed by atoms with van der Waals surface area (Å²) < 4.78 is 0. The summed E-state index contributed by atoms with van der Waals surface area (Å²) in [5, 5.41) is 3.68. The number of hydrogen-bond donors (Lipinski definition) is 2. The van der Waals surface area contributed by atoms with Gasteiger partial charge in [0.05, 0.1) is 16.9 Å². The lowest BCUT2D eigenvalue weighted by Crippen LogP contribution is -1.96. The van der Waals surface area contributed by atoms with E-state index in [1.807, 2.05) is 12.1 Å². The van der Waals surface area contributed by atoms with Crippen LogP contribution in [0.2, 0.25) is 5.02 Å². The molecule has 0 bridgehead atoms. The van der Waals surface area contributed by atoms with Crippen molar-refractivity contribution in [1.29, 1.82) is 0 Å². The van der Waals surface area contributed by atoms with Crippen LogP contribution in [0.1, 0.15) is 25.3 Å². The highest BCUT2D eigenvalue weighted by atomic mass is 35.5. The molecule has 1 aromatic carbocycles. The van der Waals surface area contributed by atoms with E-state index in [1.54, 1.807) is 12.3 Å². The smallest absolute Gasteiger partial charge is 0.149 e. The normalized spacial score (nSPS) is 10.7. The first kappa shape index (κ1) is 12.7. The van der Waals surface area contributed by atoms with E-state index in [2.05, 4.69) is 36.3 Å². The van der Waals surface area contributed by atoms with Crippen molar-refractivity contribution in [2.24, 2.45) is 0 Å². The molecule has 0 aliphatic carbocycles. The van der Waals surface area contributed by atoms with Gasteiger partial charge in [0.2, 0.25) is 0 Å². The van der Waals surface area contributed by atoms with Crippen molar-refractivity contribution in [3.05, 3.63) is 47.1 Å². The first-order valence-electron chi connectivity index (χ1n) is 5.84. The minimum absolute atomic E-state index is 0.517. The average Bonchev–Trinajstić information content (AvgIpc) is 2.33. The molecule has 0 saturated heterocycles. The number of benzene rings is 1. The van der Waals surface area contributed by atoms with Crippen molar-refractivity contribution < 1.29 is 0 Å². The highest BCUT2D eigenvalue weighted by molar-refractivity contribution is 6.33. The van der Waals surface area contributed by atoms with Gasteiger partial charge in [-0.3, -0.25) is 0 Å². The van der Waals surface area contributed by atoms with Crippen molar-refractivity contribution in [3.63, 3.8) is 0 Å². The van der Waals surface area contributed by atoms with E-state index in [1.165, 1.54) is 5.56 Å². The average molecular weight is 262 g/mol. The third-order valence-corrected chi connectivity index (χ3v) is 2.99. The molecule has 3 nitrogen and oxygen atoms in total. The number of aromatic nitrogens is 1. The van der Waals surface area contributed by atoms with Gasteiger partial charge in [-0.05, 0) is 29.7 Å². The number of rotatable bonds is 3. The number of halogens is 1. The van der Waals surface area contributed by atoms with E-state index in [0.29, 0.717) is 22.4 Å². The predicted molar refractivity (Wildman–Crippen MR) is 77.5 cm³/mol. The summed E-state index contributed by atoms with van der Waals surface area (Å²) in [7, 11) is 0. The SMILES string of the molecule is CC(C)c1ccc(Nc2ncc(N)cc2Cl)cc1. The Kier molecular flexibility index (Phi) is 3.72. The summed E-state index contributed by atoms with van der Waals surface area (Å²) >= 11 is 6.06. The maximum atomic E-state index is 6.06. The van der Waals surface area contributed by atoms with E-state index >= 15 is 0 Å². The quantitative estimate of drug-likeness (QED) is 0.871. The highest BCUT2D eigenvalue weighted by Gasteiger charge is 2.04. The second kappa shape index (κ2) is 5.27. The minimum Gasteiger partial charge on any atom is -0.397 e. The molecule has 0 radical (unpaired) electrons. The molecule has 0 fully saturated rings. The van der Waals surface area contributed by atoms with Gasteiger partial charge in [0.15, 0.2) is 0 Å². The molecule has 0 saturated carbocycles. The molecule has 0 spiro atoms. The summed E-state index contributed by atoms with van der Waals surface area (Å²) in [6.07, 6.45) is 1.58. The Morgan fingerprint density at radius 2 is 1.89 bits per heavy atom. The van der Waals surface area contributed by atoms with E-state index < -0.39 is 0 Å². The molecule has 2 rings (SSSR count). The molecule has 0 aliphatic rings. The molecule has 1 heterocycles. The second-order valence-corrected chi connectivity index (χ2v) is 4.91. The van der Waals surface area contributed by atoms with Crippen molar-refractivity contribution >= 4 is 28.8 Å². The van der Waals surface area contributed by atoms with Crippen LogP contribution in [-0.2, 0) is 0 Å². The summed E-state index contributed by atoms with van der Waals surface area (Å²) in [6, 6.07) is 9.91. The fourth-order valence-electron chi connectivity index (χ4n) is 1.63. The number of anilines is 3. The number of nitrogens with zero attached hydrogens (tertiary/aromatic N) is 1. The van der Waals surface area contributed by atoms with Gasteiger partial charge in [-0.25, -0.2) is 4.98 Å². The van der Waals surface area contributed by atoms with E-state index in [-0.39, 0.29) is 0 Å². The standard InChI is InChI=1S/C14H16ClN3/c1-9(2)10-3-5-12(6-4-10)18-14-13(15)7-11(16)8-17-14/h3-9H,16H2,1-2H3,(H,17,18). The van der Waals surface area contributed by atoms with Crippen molar-refractivity contribution in [3.8, 4) is 0 Å². The maximum Gasteiger partial charge on any atom is 0.149 e. The summed E-state index contributed by atoms with van der Waals surface area (Å²) in [6.45, 7) is 4.33. The van der Waals surface area contributed by atoms with Crippen molar-refractivity contribution in [1.82, 2.24) is 4.98 Å². The number of nitrogen functional groups attached to an aromatic ring is 1. The Balaban J connectivity index is 2.18. The van der Waals surface area contributed by atoms with Gasteiger partial charge in [0.1, 0.15) is 5.82 Å². The van der Waals surface area contributed by atoms with Gasteiger partial charge >= 0.3 is 0 Å². The summed E-state index contributed by atoms with van der Waals surface area (Å²) in [4.78, 5) is 4.16. The Labute approximate surface area is 112 Å². The molecular formula is C14H16ClN3. The number of nitrogens with one attached hydrogen (secondary N) is 1. The Morgan fingerprint density at radius 1 is 1.22 bits per heavy atom. The van der Waals surface area contributed by atoms with Crippen molar-refractivity contribution in [2.75, 3.05) is 11.1 Å². The number of hydrogen-bond acceptors (Lipinski definition) is 3. The molecule has 94 valence electrons. The molecule has 3 N–H and O–H groups in total. The predicted octanol–water partition coefficient (Wildman–Crippen LogP) is 4.18. The molecule has 0 amide bonds. The van der Waals surface area contributed by atoms with Gasteiger partial charge in [-0.15, -0.1) is 0 Å². The van der Waals surface area contributed by atoms with Crippen LogP contribution < -0.4 is 11.1 Å². The van der Waals surface area contributed by atoms with Gasteiger partial charge < -0.3 is 11.1 Å². The largest absolute Gasteiger partial charge is 0.397 e. The fourth-order valence-corrected chi connectivity index (χ4v) is 1.85. The number of pyridine rings is 1. The molecule has 18 heavy (non-hydrogen) atoms. The van der Waals surface area contributed by atoms with Gasteiger partial charge in [-0.2, -0.15) is 0 Å². The molecule has 4 heteroatoms. The Hall–Kier alpha value is -1.74.